The van der Waals surface area contributed by atoms with Crippen LogP contribution in [-0.4, -0.2) is 0 Å². The van der Waals surface area contributed by atoms with E-state index in [0.717, 1.165) is 11.4 Å². The molecule has 2 nitrogen and oxygen atoms in total. The average Bonchev–Trinajstić information content (AvgIpc) is 1.77. The molecule has 1 aromatic carbocycles. The van der Waals surface area contributed by atoms with Crippen molar-refractivity contribution in [3.63, 3.8) is 0 Å². The standard InChI is InChI=1S/C6H8N2.2CH4/c7-5-1-2-6(8)4-3-5;;/h1-4H,7-8H2;2*1H4. The maximum absolute atomic E-state index is 5.37. The predicted molar refractivity (Wildman–Crippen MR) is 48.7 cm³/mol. The van der Waals surface area contributed by atoms with Gasteiger partial charge < -0.3 is 11.5 Å². The molecule has 0 aliphatic rings. The molecule has 1 aromatic rings. The van der Waals surface area contributed by atoms with Crippen molar-refractivity contribution in [2.24, 2.45) is 0 Å². The van der Waals surface area contributed by atoms with E-state index in [2.05, 4.69) is 0 Å². The zero-order valence-corrected chi connectivity index (χ0v) is 4.46. The van der Waals surface area contributed by atoms with Gasteiger partial charge in [-0.15, -0.1) is 0 Å². The fourth-order valence-corrected chi connectivity index (χ4v) is 0.496. The van der Waals surface area contributed by atoms with Gasteiger partial charge in [-0.3, -0.25) is 0 Å². The first-order chi connectivity index (χ1) is 3.79. The van der Waals surface area contributed by atoms with Crippen molar-refractivity contribution in [3.8, 4) is 0 Å². The molecule has 58 valence electrons. The Hall–Kier alpha value is -1.18. The van der Waals surface area contributed by atoms with Crippen LogP contribution in [0.3, 0.4) is 0 Å². The van der Waals surface area contributed by atoms with Crippen LogP contribution in [0.5, 0.6) is 0 Å². The van der Waals surface area contributed by atoms with Crippen molar-refractivity contribution in [1.29, 1.82) is 0 Å². The Morgan fingerprint density at radius 1 is 0.700 bits per heavy atom. The maximum Gasteiger partial charge on any atom is 0.0315 e. The van der Waals surface area contributed by atoms with Gasteiger partial charge in [-0.1, -0.05) is 14.9 Å². The number of anilines is 2. The molecule has 0 aliphatic heterocycles. The third kappa shape index (κ3) is 2.97. The van der Waals surface area contributed by atoms with Gasteiger partial charge >= 0.3 is 0 Å². The molecule has 0 spiro atoms. The van der Waals surface area contributed by atoms with E-state index in [4.69, 9.17) is 11.5 Å². The Morgan fingerprint density at radius 2 is 0.900 bits per heavy atom. The predicted octanol–water partition coefficient (Wildman–Crippen LogP) is 2.12. The van der Waals surface area contributed by atoms with E-state index in [1.807, 2.05) is 0 Å². The van der Waals surface area contributed by atoms with Crippen molar-refractivity contribution in [2.45, 2.75) is 14.9 Å². The van der Waals surface area contributed by atoms with Gasteiger partial charge in [-0.2, -0.15) is 0 Å². The summed E-state index contributed by atoms with van der Waals surface area (Å²) >= 11 is 0. The smallest absolute Gasteiger partial charge is 0.0315 e. The molecule has 0 fully saturated rings. The molecule has 0 aliphatic carbocycles. The first kappa shape index (κ1) is 11.6. The molecule has 0 bridgehead atoms. The summed E-state index contributed by atoms with van der Waals surface area (Å²) in [5, 5.41) is 0. The molecule has 0 aromatic heterocycles. The van der Waals surface area contributed by atoms with E-state index in [9.17, 15) is 0 Å². The molecule has 0 atom stereocenters. The largest absolute Gasteiger partial charge is 0.399 e. The van der Waals surface area contributed by atoms with Crippen molar-refractivity contribution >= 4 is 11.4 Å². The van der Waals surface area contributed by atoms with Crippen LogP contribution < -0.4 is 11.5 Å². The first-order valence-electron chi connectivity index (χ1n) is 2.40. The lowest BCUT2D eigenvalue weighted by molar-refractivity contribution is 1.67. The number of nitrogens with two attached hydrogens (primary N) is 2. The maximum atomic E-state index is 5.37. The molecule has 10 heavy (non-hydrogen) atoms. The van der Waals surface area contributed by atoms with Crippen LogP contribution in [0.25, 0.3) is 0 Å². The third-order valence-electron chi connectivity index (χ3n) is 0.936. The second-order valence-corrected chi connectivity index (χ2v) is 1.67. The summed E-state index contributed by atoms with van der Waals surface area (Å²) in [5.74, 6) is 0. The second kappa shape index (κ2) is 4.68. The van der Waals surface area contributed by atoms with E-state index in [1.54, 1.807) is 24.3 Å². The van der Waals surface area contributed by atoms with Crippen LogP contribution in [0.15, 0.2) is 24.3 Å². The topological polar surface area (TPSA) is 52.0 Å². The lowest BCUT2D eigenvalue weighted by Gasteiger charge is -1.90. The number of hydrogen-bond acceptors (Lipinski definition) is 2. The Labute approximate surface area is 62.9 Å². The zero-order valence-electron chi connectivity index (χ0n) is 4.46. The van der Waals surface area contributed by atoms with Gasteiger partial charge in [0, 0.05) is 11.4 Å². The summed E-state index contributed by atoms with van der Waals surface area (Å²) < 4.78 is 0. The highest BCUT2D eigenvalue weighted by Gasteiger charge is 1.80. The zero-order chi connectivity index (χ0) is 5.98. The number of rotatable bonds is 0. The molecule has 0 unspecified atom stereocenters. The minimum Gasteiger partial charge on any atom is -0.399 e. The summed E-state index contributed by atoms with van der Waals surface area (Å²) in [6.45, 7) is 0. The fraction of sp³-hybridized carbons (Fsp3) is 0.250. The van der Waals surface area contributed by atoms with Gasteiger partial charge in [0.1, 0.15) is 0 Å². The molecule has 0 saturated heterocycles. The molecule has 0 radical (unpaired) electrons. The number of benzene rings is 1. The fourth-order valence-electron chi connectivity index (χ4n) is 0.496. The van der Waals surface area contributed by atoms with Crippen LogP contribution in [0, 0.1) is 0 Å². The average molecular weight is 140 g/mol. The normalized spacial score (nSPS) is 7.20. The highest BCUT2D eigenvalue weighted by Crippen LogP contribution is 2.04. The van der Waals surface area contributed by atoms with Crippen LogP contribution >= 0.6 is 0 Å². The lowest BCUT2D eigenvalue weighted by Crippen LogP contribution is -1.86. The van der Waals surface area contributed by atoms with E-state index >= 15 is 0 Å². The van der Waals surface area contributed by atoms with E-state index in [-0.39, 0.29) is 14.9 Å². The molecule has 0 saturated carbocycles. The second-order valence-electron chi connectivity index (χ2n) is 1.67. The molecule has 0 heterocycles. The Kier molecular flexibility index (Phi) is 5.42. The summed E-state index contributed by atoms with van der Waals surface area (Å²) in [6.07, 6.45) is 0. The molecule has 0 amide bonds. The van der Waals surface area contributed by atoms with Crippen LogP contribution in [0.2, 0.25) is 0 Å². The van der Waals surface area contributed by atoms with E-state index in [0.29, 0.717) is 0 Å². The van der Waals surface area contributed by atoms with Gasteiger partial charge in [-0.25, -0.2) is 0 Å². The molecule has 1 rings (SSSR count). The summed E-state index contributed by atoms with van der Waals surface area (Å²) in [4.78, 5) is 0. The minimum atomic E-state index is 0. The Morgan fingerprint density at radius 3 is 1.10 bits per heavy atom. The highest BCUT2D eigenvalue weighted by molar-refractivity contribution is 5.47. The Bertz CT molecular complexity index is 146. The van der Waals surface area contributed by atoms with Crippen molar-refractivity contribution in [2.75, 3.05) is 11.5 Å². The summed E-state index contributed by atoms with van der Waals surface area (Å²) in [6, 6.07) is 7.09. The number of nitrogen functional groups attached to an aromatic ring is 2. The SMILES string of the molecule is C.C.Nc1ccc(N)cc1. The molecule has 4 N–H and O–H groups in total. The van der Waals surface area contributed by atoms with Gasteiger partial charge in [0.2, 0.25) is 0 Å². The first-order valence-corrected chi connectivity index (χ1v) is 2.40. The van der Waals surface area contributed by atoms with E-state index < -0.39 is 0 Å². The lowest BCUT2D eigenvalue weighted by atomic mass is 10.3. The van der Waals surface area contributed by atoms with Gasteiger partial charge in [0.25, 0.3) is 0 Å². The van der Waals surface area contributed by atoms with E-state index in [1.165, 1.54) is 0 Å². The van der Waals surface area contributed by atoms with Crippen molar-refractivity contribution < 1.29 is 0 Å². The summed E-state index contributed by atoms with van der Waals surface area (Å²) in [5.41, 5.74) is 12.2. The van der Waals surface area contributed by atoms with Gasteiger partial charge in [0.15, 0.2) is 0 Å². The van der Waals surface area contributed by atoms with Crippen LogP contribution in [-0.2, 0) is 0 Å². The third-order valence-corrected chi connectivity index (χ3v) is 0.936. The summed E-state index contributed by atoms with van der Waals surface area (Å²) in [7, 11) is 0. The monoisotopic (exact) mass is 140 g/mol. The minimum absolute atomic E-state index is 0. The molecular weight excluding hydrogens is 124 g/mol. The molecule has 2 heteroatoms. The van der Waals surface area contributed by atoms with Gasteiger partial charge in [-0.05, 0) is 24.3 Å². The van der Waals surface area contributed by atoms with Crippen molar-refractivity contribution in [3.05, 3.63) is 24.3 Å². The quantitative estimate of drug-likeness (QED) is 0.542. The highest BCUT2D eigenvalue weighted by atomic mass is 14.6. The molecular formula is C8H16N2. The number of hydrogen-bond donors (Lipinski definition) is 2. The van der Waals surface area contributed by atoms with Crippen LogP contribution in [0.1, 0.15) is 14.9 Å². The van der Waals surface area contributed by atoms with Crippen molar-refractivity contribution in [1.82, 2.24) is 0 Å². The van der Waals surface area contributed by atoms with Gasteiger partial charge in [0.05, 0.1) is 0 Å². The Balaban J connectivity index is 0. The van der Waals surface area contributed by atoms with Crippen LogP contribution in [0.4, 0.5) is 11.4 Å².